The summed E-state index contributed by atoms with van der Waals surface area (Å²) in [5.41, 5.74) is 0.428. The molecule has 0 unspecified atom stereocenters. The molecule has 0 bridgehead atoms. The van der Waals surface area contributed by atoms with Gasteiger partial charge in [0.25, 0.3) is 0 Å². The second kappa shape index (κ2) is 3.87. The van der Waals surface area contributed by atoms with Crippen LogP contribution in [0.4, 0.5) is 13.2 Å². The fourth-order valence-corrected chi connectivity index (χ4v) is 1.49. The largest absolute Gasteiger partial charge is 0.431 e. The number of alkyl halides is 3. The maximum atomic E-state index is 12.3. The van der Waals surface area contributed by atoms with E-state index in [0.29, 0.717) is 16.1 Å². The van der Waals surface area contributed by atoms with E-state index in [1.54, 1.807) is 24.3 Å². The molecule has 1 N–H and O–H groups in total. The average molecular weight is 246 g/mol. The monoisotopic (exact) mass is 245 g/mol. The summed E-state index contributed by atoms with van der Waals surface area (Å²) in [6, 6.07) is 7.69. The minimum absolute atomic E-state index is 0.490. The van der Waals surface area contributed by atoms with Crippen molar-refractivity contribution in [3.05, 3.63) is 47.2 Å². The van der Waals surface area contributed by atoms with Gasteiger partial charge >= 0.3 is 6.18 Å². The number of halogens is 4. The van der Waals surface area contributed by atoms with Gasteiger partial charge in [-0.2, -0.15) is 13.2 Å². The Kier molecular flexibility index (Phi) is 2.68. The van der Waals surface area contributed by atoms with E-state index in [2.05, 4.69) is 4.98 Å². The van der Waals surface area contributed by atoms with Crippen molar-refractivity contribution in [3.63, 3.8) is 0 Å². The SMILES string of the molecule is FC(F)(F)c1cc(-c2ccc(Cl)cc2)c[nH]1. The van der Waals surface area contributed by atoms with Gasteiger partial charge < -0.3 is 4.98 Å². The molecule has 0 aliphatic carbocycles. The average Bonchev–Trinajstić information content (AvgIpc) is 2.67. The van der Waals surface area contributed by atoms with Gasteiger partial charge in [-0.15, -0.1) is 0 Å². The van der Waals surface area contributed by atoms with Crippen LogP contribution in [0.1, 0.15) is 5.69 Å². The zero-order valence-electron chi connectivity index (χ0n) is 7.98. The van der Waals surface area contributed by atoms with Crippen LogP contribution in [0.5, 0.6) is 0 Å². The van der Waals surface area contributed by atoms with Crippen LogP contribution in [0, 0.1) is 0 Å². The molecule has 0 saturated heterocycles. The van der Waals surface area contributed by atoms with Crippen LogP contribution in [-0.2, 0) is 6.18 Å². The highest BCUT2D eigenvalue weighted by Crippen LogP contribution is 2.31. The van der Waals surface area contributed by atoms with E-state index in [-0.39, 0.29) is 0 Å². The van der Waals surface area contributed by atoms with E-state index in [0.717, 1.165) is 6.07 Å². The Balaban J connectivity index is 2.35. The molecule has 1 aromatic heterocycles. The Hall–Kier alpha value is -1.42. The summed E-state index contributed by atoms with van der Waals surface area (Å²) in [4.78, 5) is 2.20. The van der Waals surface area contributed by atoms with Crippen molar-refractivity contribution in [1.82, 2.24) is 4.98 Å². The highest BCUT2D eigenvalue weighted by molar-refractivity contribution is 6.30. The van der Waals surface area contributed by atoms with Gasteiger partial charge in [-0.05, 0) is 29.3 Å². The molecule has 0 saturated carbocycles. The van der Waals surface area contributed by atoms with Crippen molar-refractivity contribution in [3.8, 4) is 11.1 Å². The standard InChI is InChI=1S/C11H7ClF3N/c12-9-3-1-7(2-4-9)8-5-10(16-6-8)11(13,14)15/h1-6,16H. The van der Waals surface area contributed by atoms with Crippen LogP contribution < -0.4 is 0 Å². The number of aromatic nitrogens is 1. The minimum Gasteiger partial charge on any atom is -0.357 e. The Bertz CT molecular complexity index is 485. The Morgan fingerprint density at radius 2 is 1.62 bits per heavy atom. The highest BCUT2D eigenvalue weighted by atomic mass is 35.5. The lowest BCUT2D eigenvalue weighted by molar-refractivity contribution is -0.140. The van der Waals surface area contributed by atoms with E-state index >= 15 is 0 Å². The first-order valence-corrected chi connectivity index (χ1v) is 4.86. The lowest BCUT2D eigenvalue weighted by Crippen LogP contribution is -2.04. The third-order valence-electron chi connectivity index (χ3n) is 2.17. The number of rotatable bonds is 1. The Morgan fingerprint density at radius 3 is 2.12 bits per heavy atom. The highest BCUT2D eigenvalue weighted by Gasteiger charge is 2.32. The Labute approximate surface area is 94.9 Å². The van der Waals surface area contributed by atoms with Crippen molar-refractivity contribution >= 4 is 11.6 Å². The molecular formula is C11H7ClF3N. The molecule has 0 spiro atoms. The van der Waals surface area contributed by atoms with Crippen LogP contribution in [0.2, 0.25) is 5.02 Å². The quantitative estimate of drug-likeness (QED) is 0.769. The van der Waals surface area contributed by atoms with Gasteiger partial charge in [-0.25, -0.2) is 0 Å². The summed E-state index contributed by atoms with van der Waals surface area (Å²) in [6.07, 6.45) is -3.02. The molecule has 16 heavy (non-hydrogen) atoms. The predicted molar refractivity (Wildman–Crippen MR) is 56.2 cm³/mol. The maximum absolute atomic E-state index is 12.3. The molecular weight excluding hydrogens is 239 g/mol. The molecule has 0 aliphatic heterocycles. The zero-order valence-corrected chi connectivity index (χ0v) is 8.73. The number of nitrogens with one attached hydrogen (secondary N) is 1. The van der Waals surface area contributed by atoms with Gasteiger partial charge in [0.1, 0.15) is 5.69 Å². The van der Waals surface area contributed by atoms with E-state index in [1.807, 2.05) is 0 Å². The summed E-state index contributed by atoms with van der Waals surface area (Å²) in [5.74, 6) is 0. The first-order valence-electron chi connectivity index (χ1n) is 4.48. The van der Waals surface area contributed by atoms with Crippen LogP contribution in [-0.4, -0.2) is 4.98 Å². The molecule has 2 rings (SSSR count). The van der Waals surface area contributed by atoms with Gasteiger partial charge in [-0.1, -0.05) is 23.7 Å². The fraction of sp³-hybridized carbons (Fsp3) is 0.0909. The van der Waals surface area contributed by atoms with Crippen LogP contribution in [0.25, 0.3) is 11.1 Å². The molecule has 1 aromatic carbocycles. The summed E-state index contributed by atoms with van der Waals surface area (Å²) >= 11 is 5.69. The zero-order chi connectivity index (χ0) is 11.8. The molecule has 0 fully saturated rings. The molecule has 0 atom stereocenters. The van der Waals surface area contributed by atoms with Crippen molar-refractivity contribution < 1.29 is 13.2 Å². The molecule has 1 nitrogen and oxygen atoms in total. The number of aromatic amines is 1. The van der Waals surface area contributed by atoms with Crippen LogP contribution >= 0.6 is 11.6 Å². The number of hydrogen-bond acceptors (Lipinski definition) is 0. The van der Waals surface area contributed by atoms with Gasteiger partial charge in [0.2, 0.25) is 0 Å². The third-order valence-corrected chi connectivity index (χ3v) is 2.42. The summed E-state index contributed by atoms with van der Waals surface area (Å²) in [6.45, 7) is 0. The molecule has 0 aliphatic rings. The summed E-state index contributed by atoms with van der Waals surface area (Å²) in [7, 11) is 0. The third kappa shape index (κ3) is 2.22. The van der Waals surface area contributed by atoms with E-state index < -0.39 is 11.9 Å². The summed E-state index contributed by atoms with van der Waals surface area (Å²) < 4.78 is 37.0. The van der Waals surface area contributed by atoms with E-state index in [1.165, 1.54) is 6.20 Å². The first kappa shape index (κ1) is 11.1. The van der Waals surface area contributed by atoms with Gasteiger partial charge in [0, 0.05) is 11.2 Å². The van der Waals surface area contributed by atoms with Gasteiger partial charge in [-0.3, -0.25) is 0 Å². The van der Waals surface area contributed by atoms with Gasteiger partial charge in [0.05, 0.1) is 0 Å². The molecule has 0 radical (unpaired) electrons. The molecule has 1 heterocycles. The number of benzene rings is 1. The van der Waals surface area contributed by atoms with E-state index in [4.69, 9.17) is 11.6 Å². The first-order chi connectivity index (χ1) is 7.47. The van der Waals surface area contributed by atoms with Crippen molar-refractivity contribution in [2.75, 3.05) is 0 Å². The molecule has 84 valence electrons. The molecule has 2 aromatic rings. The Morgan fingerprint density at radius 1 is 1.00 bits per heavy atom. The van der Waals surface area contributed by atoms with Crippen molar-refractivity contribution in [1.29, 1.82) is 0 Å². The second-order valence-electron chi connectivity index (χ2n) is 3.31. The topological polar surface area (TPSA) is 15.8 Å². The summed E-state index contributed by atoms with van der Waals surface area (Å²) in [5, 5.41) is 0.551. The van der Waals surface area contributed by atoms with Crippen molar-refractivity contribution in [2.45, 2.75) is 6.18 Å². The maximum Gasteiger partial charge on any atom is 0.431 e. The van der Waals surface area contributed by atoms with E-state index in [9.17, 15) is 13.2 Å². The van der Waals surface area contributed by atoms with Gasteiger partial charge in [0.15, 0.2) is 0 Å². The van der Waals surface area contributed by atoms with Crippen molar-refractivity contribution in [2.24, 2.45) is 0 Å². The normalized spacial score (nSPS) is 11.8. The minimum atomic E-state index is -4.34. The fourth-order valence-electron chi connectivity index (χ4n) is 1.37. The van der Waals surface area contributed by atoms with Crippen LogP contribution in [0.3, 0.4) is 0 Å². The molecule has 0 amide bonds. The second-order valence-corrected chi connectivity index (χ2v) is 3.74. The van der Waals surface area contributed by atoms with Crippen LogP contribution in [0.15, 0.2) is 36.5 Å². The predicted octanol–water partition coefficient (Wildman–Crippen LogP) is 4.35. The number of H-pyrrole nitrogens is 1. The number of hydrogen-bond donors (Lipinski definition) is 1. The molecule has 5 heteroatoms. The smallest absolute Gasteiger partial charge is 0.357 e. The lowest BCUT2D eigenvalue weighted by Gasteiger charge is -2.01. The lowest BCUT2D eigenvalue weighted by atomic mass is 10.1.